The summed E-state index contributed by atoms with van der Waals surface area (Å²) in [6.07, 6.45) is 7.89. The van der Waals surface area contributed by atoms with Gasteiger partial charge in [0.15, 0.2) is 0 Å². The first-order valence-corrected chi connectivity index (χ1v) is 9.62. The highest BCUT2D eigenvalue weighted by Gasteiger charge is 2.34. The molecular formula is C19H36ClN3O2. The van der Waals surface area contributed by atoms with Gasteiger partial charge in [-0.1, -0.05) is 40.0 Å². The van der Waals surface area contributed by atoms with E-state index in [9.17, 15) is 9.59 Å². The number of nitrogens with zero attached hydrogens (tertiary/aromatic N) is 1. The number of carbonyl (C=O) groups excluding carboxylic acids is 2. The van der Waals surface area contributed by atoms with Gasteiger partial charge in [-0.3, -0.25) is 9.59 Å². The summed E-state index contributed by atoms with van der Waals surface area (Å²) in [4.78, 5) is 27.1. The molecule has 3 N–H and O–H groups in total. The number of halogens is 1. The Balaban J connectivity index is 0.00000312. The molecule has 0 aromatic rings. The van der Waals surface area contributed by atoms with Crippen LogP contribution in [0.1, 0.15) is 65.7 Å². The molecule has 1 saturated heterocycles. The maximum Gasteiger partial charge on any atom is 0.227 e. The first-order valence-electron chi connectivity index (χ1n) is 9.62. The van der Waals surface area contributed by atoms with Crippen molar-refractivity contribution in [2.75, 3.05) is 19.6 Å². The summed E-state index contributed by atoms with van der Waals surface area (Å²) >= 11 is 0. The second kappa shape index (κ2) is 9.77. The van der Waals surface area contributed by atoms with Gasteiger partial charge >= 0.3 is 0 Å². The van der Waals surface area contributed by atoms with Crippen LogP contribution in [-0.2, 0) is 9.59 Å². The van der Waals surface area contributed by atoms with Crippen LogP contribution in [-0.4, -0.2) is 42.4 Å². The van der Waals surface area contributed by atoms with Crippen LogP contribution in [0.5, 0.6) is 0 Å². The van der Waals surface area contributed by atoms with Crippen LogP contribution in [0, 0.1) is 17.3 Å². The summed E-state index contributed by atoms with van der Waals surface area (Å²) in [7, 11) is 0. The van der Waals surface area contributed by atoms with Gasteiger partial charge in [0.2, 0.25) is 11.8 Å². The fourth-order valence-electron chi connectivity index (χ4n) is 4.06. The maximum atomic E-state index is 12.7. The van der Waals surface area contributed by atoms with Crippen LogP contribution in [0.2, 0.25) is 0 Å². The number of piperidine rings is 1. The third-order valence-corrected chi connectivity index (χ3v) is 5.52. The molecule has 1 saturated carbocycles. The lowest BCUT2D eigenvalue weighted by Gasteiger charge is -2.37. The van der Waals surface area contributed by atoms with Gasteiger partial charge in [-0.2, -0.15) is 0 Å². The van der Waals surface area contributed by atoms with E-state index in [1.54, 1.807) is 0 Å². The highest BCUT2D eigenvalue weighted by Crippen LogP contribution is 2.27. The Kier molecular flexibility index (Phi) is 8.69. The average Bonchev–Trinajstić information content (AvgIpc) is 2.58. The minimum Gasteiger partial charge on any atom is -0.352 e. The van der Waals surface area contributed by atoms with Crippen LogP contribution in [0.25, 0.3) is 0 Å². The third-order valence-electron chi connectivity index (χ3n) is 5.52. The summed E-state index contributed by atoms with van der Waals surface area (Å²) in [6, 6.07) is 0.0893. The minimum absolute atomic E-state index is 0. The van der Waals surface area contributed by atoms with Crippen molar-refractivity contribution in [3.63, 3.8) is 0 Å². The van der Waals surface area contributed by atoms with Gasteiger partial charge in [0.25, 0.3) is 0 Å². The Morgan fingerprint density at radius 2 is 1.76 bits per heavy atom. The number of carbonyl (C=O) groups is 2. The van der Waals surface area contributed by atoms with Crippen molar-refractivity contribution in [1.82, 2.24) is 10.2 Å². The van der Waals surface area contributed by atoms with Crippen LogP contribution in [0.4, 0.5) is 0 Å². The van der Waals surface area contributed by atoms with Gasteiger partial charge < -0.3 is 16.0 Å². The van der Waals surface area contributed by atoms with E-state index < -0.39 is 0 Å². The van der Waals surface area contributed by atoms with Gasteiger partial charge in [0.05, 0.1) is 5.92 Å². The summed E-state index contributed by atoms with van der Waals surface area (Å²) in [5.41, 5.74) is 5.55. The quantitative estimate of drug-likeness (QED) is 0.795. The van der Waals surface area contributed by atoms with Crippen molar-refractivity contribution < 1.29 is 9.59 Å². The summed E-state index contributed by atoms with van der Waals surface area (Å²) in [5, 5.41) is 3.20. The molecular weight excluding hydrogens is 338 g/mol. The Morgan fingerprint density at radius 3 is 2.32 bits per heavy atom. The van der Waals surface area contributed by atoms with E-state index in [1.807, 2.05) is 25.7 Å². The molecule has 2 fully saturated rings. The predicted molar refractivity (Wildman–Crippen MR) is 104 cm³/mol. The molecule has 25 heavy (non-hydrogen) atoms. The predicted octanol–water partition coefficient (Wildman–Crippen LogP) is 2.72. The van der Waals surface area contributed by atoms with E-state index in [0.29, 0.717) is 19.0 Å². The lowest BCUT2D eigenvalue weighted by Crippen LogP contribution is -2.52. The molecule has 2 atom stereocenters. The normalized spacial score (nSPS) is 23.5. The first kappa shape index (κ1) is 22.2. The van der Waals surface area contributed by atoms with Crippen LogP contribution < -0.4 is 11.1 Å². The SMILES string of the molecule is CC(C)(C)C(=O)N1CCCC(C(=O)NC(CN)C2CCCCC2)C1.Cl. The number of nitrogens with one attached hydrogen (secondary N) is 1. The molecule has 0 aromatic heterocycles. The van der Waals surface area contributed by atoms with Crippen molar-refractivity contribution in [3.05, 3.63) is 0 Å². The highest BCUT2D eigenvalue weighted by molar-refractivity contribution is 5.85. The van der Waals surface area contributed by atoms with Crippen molar-refractivity contribution >= 4 is 24.2 Å². The van der Waals surface area contributed by atoms with Crippen molar-refractivity contribution in [2.24, 2.45) is 23.0 Å². The molecule has 2 aliphatic rings. The average molecular weight is 374 g/mol. The van der Waals surface area contributed by atoms with Gasteiger partial charge in [0.1, 0.15) is 0 Å². The molecule has 2 rings (SSSR count). The highest BCUT2D eigenvalue weighted by atomic mass is 35.5. The maximum absolute atomic E-state index is 12.7. The molecule has 0 radical (unpaired) electrons. The topological polar surface area (TPSA) is 75.4 Å². The molecule has 146 valence electrons. The Hall–Kier alpha value is -0.810. The van der Waals surface area contributed by atoms with Gasteiger partial charge in [-0.25, -0.2) is 0 Å². The molecule has 1 aliphatic carbocycles. The molecule has 1 aliphatic heterocycles. The van der Waals surface area contributed by atoms with E-state index in [1.165, 1.54) is 32.1 Å². The number of nitrogens with two attached hydrogens (primary N) is 1. The molecule has 0 spiro atoms. The number of likely N-dealkylation sites (tertiary alicyclic amines) is 1. The third kappa shape index (κ3) is 6.14. The zero-order chi connectivity index (χ0) is 17.7. The van der Waals surface area contributed by atoms with Crippen molar-refractivity contribution in [1.29, 1.82) is 0 Å². The first-order chi connectivity index (χ1) is 11.3. The second-order valence-corrected chi connectivity index (χ2v) is 8.59. The monoisotopic (exact) mass is 373 g/mol. The lowest BCUT2D eigenvalue weighted by atomic mass is 9.83. The summed E-state index contributed by atoms with van der Waals surface area (Å²) < 4.78 is 0. The zero-order valence-corrected chi connectivity index (χ0v) is 16.9. The molecule has 0 bridgehead atoms. The molecule has 2 amide bonds. The van der Waals surface area contributed by atoms with E-state index in [2.05, 4.69) is 5.32 Å². The van der Waals surface area contributed by atoms with E-state index in [4.69, 9.17) is 5.73 Å². The van der Waals surface area contributed by atoms with E-state index >= 15 is 0 Å². The zero-order valence-electron chi connectivity index (χ0n) is 16.1. The smallest absolute Gasteiger partial charge is 0.227 e. The van der Waals surface area contributed by atoms with E-state index in [-0.39, 0.29) is 41.6 Å². The largest absolute Gasteiger partial charge is 0.352 e. The van der Waals surface area contributed by atoms with Crippen LogP contribution in [0.15, 0.2) is 0 Å². The fraction of sp³-hybridized carbons (Fsp3) is 0.895. The Labute approximate surface area is 158 Å². The molecule has 5 nitrogen and oxygen atoms in total. The van der Waals surface area contributed by atoms with Crippen LogP contribution in [0.3, 0.4) is 0 Å². The lowest BCUT2D eigenvalue weighted by molar-refractivity contribution is -0.143. The fourth-order valence-corrected chi connectivity index (χ4v) is 4.06. The molecule has 1 heterocycles. The molecule has 2 unspecified atom stereocenters. The second-order valence-electron chi connectivity index (χ2n) is 8.59. The summed E-state index contributed by atoms with van der Waals surface area (Å²) in [6.45, 7) is 7.63. The molecule has 6 heteroatoms. The number of hydrogen-bond acceptors (Lipinski definition) is 3. The van der Waals surface area contributed by atoms with Crippen molar-refractivity contribution in [2.45, 2.75) is 71.8 Å². The summed E-state index contributed by atoms with van der Waals surface area (Å²) in [5.74, 6) is 0.649. The number of hydrogen-bond donors (Lipinski definition) is 2. The minimum atomic E-state index is -0.389. The number of rotatable bonds is 4. The van der Waals surface area contributed by atoms with Gasteiger partial charge in [-0.15, -0.1) is 12.4 Å². The van der Waals surface area contributed by atoms with Crippen LogP contribution >= 0.6 is 12.4 Å². The standard InChI is InChI=1S/C19H35N3O2.ClH/c1-19(2,3)18(24)22-11-7-10-15(13-22)17(23)21-16(12-20)14-8-5-4-6-9-14;/h14-16H,4-13,20H2,1-3H3,(H,21,23);1H. The van der Waals surface area contributed by atoms with Crippen molar-refractivity contribution in [3.8, 4) is 0 Å². The van der Waals surface area contributed by atoms with E-state index in [0.717, 1.165) is 19.4 Å². The molecule has 0 aromatic carbocycles. The Morgan fingerprint density at radius 1 is 1.12 bits per heavy atom. The van der Waals surface area contributed by atoms with Gasteiger partial charge in [0, 0.05) is 31.1 Å². The van der Waals surface area contributed by atoms with Gasteiger partial charge in [-0.05, 0) is 31.6 Å². The Bertz CT molecular complexity index is 444. The number of amides is 2.